The van der Waals surface area contributed by atoms with Gasteiger partial charge in [0.25, 0.3) is 0 Å². The van der Waals surface area contributed by atoms with Crippen LogP contribution in [0.15, 0.2) is 47.6 Å². The van der Waals surface area contributed by atoms with Crippen molar-refractivity contribution in [3.05, 3.63) is 54.0 Å². The van der Waals surface area contributed by atoms with Crippen LogP contribution in [-0.2, 0) is 21.8 Å². The highest BCUT2D eigenvalue weighted by Crippen LogP contribution is 2.21. The monoisotopic (exact) mass is 389 g/mol. The van der Waals surface area contributed by atoms with Crippen molar-refractivity contribution in [1.29, 1.82) is 0 Å². The zero-order valence-electron chi connectivity index (χ0n) is 15.0. The molecule has 142 valence electrons. The number of rotatable bonds is 6. The van der Waals surface area contributed by atoms with Crippen molar-refractivity contribution in [1.82, 2.24) is 14.3 Å². The van der Waals surface area contributed by atoms with E-state index in [-0.39, 0.29) is 16.4 Å². The minimum absolute atomic E-state index is 0.0300. The van der Waals surface area contributed by atoms with Gasteiger partial charge in [0.15, 0.2) is 6.10 Å². The number of aryl methyl sites for hydroxylation is 1. The highest BCUT2D eigenvalue weighted by atomic mass is 32.2. The number of H-pyrrole nitrogens is 1. The number of nitrogens with one attached hydrogen (secondary N) is 2. The number of ketones is 1. The normalized spacial score (nSPS) is 12.9. The Bertz CT molecular complexity index is 1130. The number of ether oxygens (including phenoxy) is 1. The summed E-state index contributed by atoms with van der Waals surface area (Å²) in [5, 5.41) is 0.742. The molecule has 2 heterocycles. The molecule has 0 bridgehead atoms. The van der Waals surface area contributed by atoms with E-state index in [1.165, 1.54) is 37.8 Å². The molecule has 1 unspecified atom stereocenters. The van der Waals surface area contributed by atoms with Crippen LogP contribution in [0.2, 0.25) is 0 Å². The SMILES string of the molecule is CNS(=O)(=O)c1cc(C(=O)OC(C)C(=O)c2c[nH]c3ccccc23)n(C)c1. The first-order valence-electron chi connectivity index (χ1n) is 8.16. The Labute approximate surface area is 156 Å². The molecule has 0 aliphatic carbocycles. The van der Waals surface area contributed by atoms with Crippen LogP contribution in [0.1, 0.15) is 27.8 Å². The number of sulfonamides is 1. The van der Waals surface area contributed by atoms with Gasteiger partial charge in [-0.25, -0.2) is 17.9 Å². The Balaban J connectivity index is 1.81. The zero-order chi connectivity index (χ0) is 19.8. The molecule has 0 radical (unpaired) electrons. The summed E-state index contributed by atoms with van der Waals surface area (Å²) in [6.45, 7) is 1.48. The van der Waals surface area contributed by atoms with Gasteiger partial charge in [-0.05, 0) is 26.1 Å². The maximum atomic E-state index is 12.7. The van der Waals surface area contributed by atoms with Gasteiger partial charge in [-0.1, -0.05) is 18.2 Å². The average molecular weight is 389 g/mol. The van der Waals surface area contributed by atoms with E-state index in [0.29, 0.717) is 5.56 Å². The summed E-state index contributed by atoms with van der Waals surface area (Å²) < 4.78 is 32.5. The second-order valence-electron chi connectivity index (χ2n) is 6.04. The van der Waals surface area contributed by atoms with E-state index in [1.54, 1.807) is 12.3 Å². The predicted molar refractivity (Wildman–Crippen MR) is 99.2 cm³/mol. The fraction of sp³-hybridized carbons (Fsp3) is 0.222. The van der Waals surface area contributed by atoms with E-state index in [1.807, 2.05) is 18.2 Å². The number of aromatic amines is 1. The lowest BCUT2D eigenvalue weighted by Crippen LogP contribution is -2.25. The van der Waals surface area contributed by atoms with Crippen LogP contribution in [0.25, 0.3) is 10.9 Å². The fourth-order valence-corrected chi connectivity index (χ4v) is 3.57. The standard InChI is InChI=1S/C18H19N3O5S/c1-11(17(22)14-9-20-15-7-5-4-6-13(14)15)26-18(23)16-8-12(10-21(16)3)27(24,25)19-2/h4-11,19-20H,1-3H3. The maximum absolute atomic E-state index is 12.7. The van der Waals surface area contributed by atoms with Gasteiger partial charge in [0.2, 0.25) is 15.8 Å². The second kappa shape index (κ2) is 7.01. The van der Waals surface area contributed by atoms with Crippen LogP contribution >= 0.6 is 0 Å². The van der Waals surface area contributed by atoms with Crippen LogP contribution in [0.4, 0.5) is 0 Å². The van der Waals surface area contributed by atoms with E-state index in [4.69, 9.17) is 4.74 Å². The third-order valence-electron chi connectivity index (χ3n) is 4.28. The summed E-state index contributed by atoms with van der Waals surface area (Å²) in [5.41, 5.74) is 1.27. The van der Waals surface area contributed by atoms with Gasteiger partial charge in [-0.3, -0.25) is 4.79 Å². The first kappa shape index (κ1) is 18.9. The largest absolute Gasteiger partial charge is 0.450 e. The molecule has 2 N–H and O–H groups in total. The molecule has 9 heteroatoms. The lowest BCUT2D eigenvalue weighted by atomic mass is 10.1. The number of benzene rings is 1. The minimum Gasteiger partial charge on any atom is -0.450 e. The van der Waals surface area contributed by atoms with Crippen molar-refractivity contribution < 1.29 is 22.7 Å². The molecule has 3 rings (SSSR count). The van der Waals surface area contributed by atoms with Crippen molar-refractivity contribution in [2.75, 3.05) is 7.05 Å². The Morgan fingerprint density at radius 1 is 1.26 bits per heavy atom. The van der Waals surface area contributed by atoms with Crippen LogP contribution in [-0.4, -0.2) is 42.9 Å². The van der Waals surface area contributed by atoms with Crippen molar-refractivity contribution in [3.8, 4) is 0 Å². The summed E-state index contributed by atoms with van der Waals surface area (Å²) in [6.07, 6.45) is 1.85. The second-order valence-corrected chi connectivity index (χ2v) is 7.93. The third kappa shape index (κ3) is 3.51. The first-order chi connectivity index (χ1) is 12.7. The Morgan fingerprint density at radius 2 is 1.96 bits per heavy atom. The molecule has 0 spiro atoms. The minimum atomic E-state index is -3.69. The summed E-state index contributed by atoms with van der Waals surface area (Å²) in [4.78, 5) is 28.0. The molecule has 0 amide bonds. The van der Waals surface area contributed by atoms with Crippen LogP contribution in [0.5, 0.6) is 0 Å². The highest BCUT2D eigenvalue weighted by Gasteiger charge is 2.25. The molecule has 1 atom stereocenters. The molecule has 8 nitrogen and oxygen atoms in total. The Morgan fingerprint density at radius 3 is 2.67 bits per heavy atom. The number of carbonyl (C=O) groups is 2. The summed E-state index contributed by atoms with van der Waals surface area (Å²) in [6, 6.07) is 8.52. The van der Waals surface area contributed by atoms with Crippen LogP contribution < -0.4 is 4.72 Å². The number of Topliss-reactive ketones (excluding diaryl/α,β-unsaturated/α-hetero) is 1. The van der Waals surface area contributed by atoms with Gasteiger partial charge in [-0.2, -0.15) is 0 Å². The van der Waals surface area contributed by atoms with Crippen molar-refractivity contribution in [2.24, 2.45) is 7.05 Å². The first-order valence-corrected chi connectivity index (χ1v) is 9.64. The average Bonchev–Trinajstić information content (AvgIpc) is 3.25. The number of hydrogen-bond donors (Lipinski definition) is 2. The summed E-state index contributed by atoms with van der Waals surface area (Å²) >= 11 is 0. The molecule has 2 aromatic heterocycles. The van der Waals surface area contributed by atoms with Gasteiger partial charge in [0.05, 0.1) is 0 Å². The highest BCUT2D eigenvalue weighted by molar-refractivity contribution is 7.89. The number of hydrogen-bond acceptors (Lipinski definition) is 5. The Kier molecular flexibility index (Phi) is 4.90. The fourth-order valence-electron chi connectivity index (χ4n) is 2.77. The van der Waals surface area contributed by atoms with E-state index in [2.05, 4.69) is 9.71 Å². The maximum Gasteiger partial charge on any atom is 0.355 e. The van der Waals surface area contributed by atoms with Gasteiger partial charge in [0.1, 0.15) is 10.6 Å². The molecule has 0 saturated heterocycles. The van der Waals surface area contributed by atoms with E-state index >= 15 is 0 Å². The lowest BCUT2D eigenvalue weighted by molar-refractivity contribution is 0.0310. The Hall–Kier alpha value is -2.91. The molecular weight excluding hydrogens is 370 g/mol. The summed E-state index contributed by atoms with van der Waals surface area (Å²) in [7, 11) is -0.882. The van der Waals surface area contributed by atoms with Crippen molar-refractivity contribution in [2.45, 2.75) is 17.9 Å². The molecular formula is C18H19N3O5S. The number of esters is 1. The number of nitrogens with zero attached hydrogens (tertiary/aromatic N) is 1. The predicted octanol–water partition coefficient (Wildman–Crippen LogP) is 1.84. The number of carbonyl (C=O) groups excluding carboxylic acids is 2. The van der Waals surface area contributed by atoms with Crippen molar-refractivity contribution in [3.63, 3.8) is 0 Å². The van der Waals surface area contributed by atoms with Gasteiger partial charge >= 0.3 is 5.97 Å². The van der Waals surface area contributed by atoms with Crippen LogP contribution in [0.3, 0.4) is 0 Å². The van der Waals surface area contributed by atoms with E-state index < -0.39 is 22.1 Å². The molecule has 27 heavy (non-hydrogen) atoms. The number of fused-ring (bicyclic) bond motifs is 1. The number of para-hydroxylation sites is 1. The van der Waals surface area contributed by atoms with Crippen LogP contribution in [0, 0.1) is 0 Å². The van der Waals surface area contributed by atoms with E-state index in [0.717, 1.165) is 10.9 Å². The van der Waals surface area contributed by atoms with Crippen molar-refractivity contribution >= 4 is 32.7 Å². The van der Waals surface area contributed by atoms with Gasteiger partial charge < -0.3 is 14.3 Å². The smallest absolute Gasteiger partial charge is 0.355 e. The topological polar surface area (TPSA) is 110 Å². The number of aromatic nitrogens is 2. The lowest BCUT2D eigenvalue weighted by Gasteiger charge is -2.12. The molecule has 0 saturated carbocycles. The zero-order valence-corrected chi connectivity index (χ0v) is 15.8. The molecule has 3 aromatic rings. The quantitative estimate of drug-likeness (QED) is 0.494. The molecule has 0 fully saturated rings. The third-order valence-corrected chi connectivity index (χ3v) is 5.66. The molecule has 0 aliphatic heterocycles. The molecule has 0 aliphatic rings. The van der Waals surface area contributed by atoms with Gasteiger partial charge in [0, 0.05) is 35.9 Å². The van der Waals surface area contributed by atoms with E-state index in [9.17, 15) is 18.0 Å². The van der Waals surface area contributed by atoms with Gasteiger partial charge in [-0.15, -0.1) is 0 Å². The molecule has 1 aromatic carbocycles. The summed E-state index contributed by atoms with van der Waals surface area (Å²) in [5.74, 6) is -1.13.